The Labute approximate surface area is 119 Å². The highest BCUT2D eigenvalue weighted by molar-refractivity contribution is 8.88. The van der Waals surface area contributed by atoms with Gasteiger partial charge in [0.05, 0.1) is 11.7 Å². The molecule has 0 aromatic heterocycles. The quantitative estimate of drug-likeness (QED) is 0.257. The van der Waals surface area contributed by atoms with Gasteiger partial charge < -0.3 is 14.8 Å². The number of hydrogen-bond donors (Lipinski definition) is 4. The summed E-state index contributed by atoms with van der Waals surface area (Å²) in [5.74, 6) is -1.88. The molecule has 19 heavy (non-hydrogen) atoms. The van der Waals surface area contributed by atoms with Crippen molar-refractivity contribution >= 4 is 40.7 Å². The Bertz CT molecular complexity index is 354. The van der Waals surface area contributed by atoms with Crippen LogP contribution >= 0.6 is 28.7 Å². The van der Waals surface area contributed by atoms with Gasteiger partial charge in [0, 0.05) is 12.2 Å². The third kappa shape index (κ3) is 8.54. The van der Waals surface area contributed by atoms with Crippen molar-refractivity contribution in [3.05, 3.63) is 0 Å². The van der Waals surface area contributed by atoms with Crippen LogP contribution in [0.25, 0.3) is 0 Å². The van der Waals surface area contributed by atoms with E-state index in [1.165, 1.54) is 0 Å². The molecule has 2 atom stereocenters. The van der Waals surface area contributed by atoms with Crippen molar-refractivity contribution in [3.8, 4) is 0 Å². The fourth-order valence-electron chi connectivity index (χ4n) is 1.12. The lowest BCUT2D eigenvalue weighted by Gasteiger charge is -2.19. The van der Waals surface area contributed by atoms with E-state index in [0.29, 0.717) is 5.75 Å². The van der Waals surface area contributed by atoms with Gasteiger partial charge in [-0.25, -0.2) is 5.09 Å². The van der Waals surface area contributed by atoms with Crippen molar-refractivity contribution in [3.63, 3.8) is 0 Å². The zero-order valence-corrected chi connectivity index (χ0v) is 13.0. The number of unbranched alkanes of at least 4 members (excludes halogenated alkanes) is 1. The van der Waals surface area contributed by atoms with E-state index in [1.807, 2.05) is 6.92 Å². The van der Waals surface area contributed by atoms with Crippen molar-refractivity contribution in [1.29, 1.82) is 0 Å². The van der Waals surface area contributed by atoms with Crippen LogP contribution in [0.5, 0.6) is 0 Å². The van der Waals surface area contributed by atoms with Gasteiger partial charge in [-0.1, -0.05) is 24.7 Å². The first-order valence-electron chi connectivity index (χ1n) is 5.64. The van der Waals surface area contributed by atoms with E-state index in [4.69, 9.17) is 14.8 Å². The second kappa shape index (κ2) is 9.66. The molecule has 0 amide bonds. The minimum Gasteiger partial charge on any atom is -0.481 e. The second-order valence-corrected chi connectivity index (χ2v) is 10.8. The molecule has 10 heteroatoms. The molecule has 0 aliphatic rings. The highest BCUT2D eigenvalue weighted by Gasteiger charge is 2.31. The number of nitrogens with one attached hydrogen (secondary N) is 1. The number of rotatable bonds is 11. The Morgan fingerprint density at radius 1 is 1.37 bits per heavy atom. The molecule has 0 aromatic rings. The number of carbonyl (C=O) groups is 2. The average molecular weight is 331 g/mol. The van der Waals surface area contributed by atoms with Gasteiger partial charge in [0.1, 0.15) is 6.04 Å². The molecular weight excluding hydrogens is 313 g/mol. The summed E-state index contributed by atoms with van der Waals surface area (Å²) in [5.41, 5.74) is -3.33. The van der Waals surface area contributed by atoms with E-state index in [9.17, 15) is 14.2 Å². The first-order chi connectivity index (χ1) is 8.84. The zero-order chi connectivity index (χ0) is 14.9. The van der Waals surface area contributed by atoms with E-state index in [2.05, 4.69) is 5.09 Å². The molecule has 0 aliphatic carbocycles. The average Bonchev–Trinajstić information content (AvgIpc) is 2.34. The summed E-state index contributed by atoms with van der Waals surface area (Å²) in [6, 6.07) is -1.25. The van der Waals surface area contributed by atoms with Crippen molar-refractivity contribution in [2.24, 2.45) is 0 Å². The van der Waals surface area contributed by atoms with Gasteiger partial charge in [0.25, 0.3) is 5.70 Å². The summed E-state index contributed by atoms with van der Waals surface area (Å²) in [7, 11) is 0. The Balaban J connectivity index is 4.54. The molecule has 4 N–H and O–H groups in total. The SMILES string of the molecule is CCCCSP(=O)(NC(CCC(=O)O)C(=O)O)SO. The maximum atomic E-state index is 12.2. The van der Waals surface area contributed by atoms with Gasteiger partial charge in [-0.15, -0.1) is 0 Å². The summed E-state index contributed by atoms with van der Waals surface area (Å²) < 4.78 is 21.2. The third-order valence-corrected chi connectivity index (χ3v) is 8.17. The second-order valence-electron chi connectivity index (χ2n) is 3.72. The smallest absolute Gasteiger partial charge is 0.321 e. The predicted octanol–water partition coefficient (Wildman–Crippen LogP) is 2.74. The van der Waals surface area contributed by atoms with E-state index < -0.39 is 23.7 Å². The molecule has 2 unspecified atom stereocenters. The highest BCUT2D eigenvalue weighted by Crippen LogP contribution is 2.64. The largest absolute Gasteiger partial charge is 0.481 e. The number of hydrogen-bond acceptors (Lipinski definition) is 6. The standard InChI is InChI=1S/C9H18NO6PS2/c1-2-3-6-18-17(15,19-16)10-7(9(13)14)4-5-8(11)12/h7,16H,2-6H2,1H3,(H,10,15)(H,11,12)(H,13,14). The van der Waals surface area contributed by atoms with Crippen LogP contribution in [0, 0.1) is 0 Å². The van der Waals surface area contributed by atoms with Crippen LogP contribution in [0.2, 0.25) is 0 Å². The molecule has 0 aromatic carbocycles. The third-order valence-electron chi connectivity index (χ3n) is 2.13. The molecule has 0 spiro atoms. The van der Waals surface area contributed by atoms with E-state index >= 15 is 0 Å². The molecule has 0 aliphatic heterocycles. The molecule has 0 saturated carbocycles. The summed E-state index contributed by atoms with van der Waals surface area (Å²) in [4.78, 5) is 21.4. The minimum atomic E-state index is -3.33. The molecule has 0 rings (SSSR count). The first kappa shape index (κ1) is 18.8. The zero-order valence-electron chi connectivity index (χ0n) is 10.4. The Kier molecular flexibility index (Phi) is 9.55. The molecule has 112 valence electrons. The maximum Gasteiger partial charge on any atom is 0.321 e. The fourth-order valence-corrected chi connectivity index (χ4v) is 6.04. The van der Waals surface area contributed by atoms with Crippen LogP contribution in [-0.2, 0) is 14.2 Å². The van der Waals surface area contributed by atoms with Gasteiger partial charge in [0.2, 0.25) is 0 Å². The van der Waals surface area contributed by atoms with E-state index in [-0.39, 0.29) is 24.5 Å². The van der Waals surface area contributed by atoms with Crippen LogP contribution < -0.4 is 5.09 Å². The monoisotopic (exact) mass is 331 g/mol. The Morgan fingerprint density at radius 2 is 2.00 bits per heavy atom. The predicted molar refractivity (Wildman–Crippen MR) is 76.6 cm³/mol. The lowest BCUT2D eigenvalue weighted by atomic mass is 10.2. The van der Waals surface area contributed by atoms with Gasteiger partial charge in [-0.3, -0.25) is 14.2 Å². The Morgan fingerprint density at radius 3 is 2.42 bits per heavy atom. The lowest BCUT2D eigenvalue weighted by molar-refractivity contribution is -0.140. The van der Waals surface area contributed by atoms with Gasteiger partial charge in [0.15, 0.2) is 0 Å². The molecule has 0 fully saturated rings. The normalized spacial score (nSPS) is 15.7. The van der Waals surface area contributed by atoms with Gasteiger partial charge in [-0.05, 0) is 12.8 Å². The number of carboxylic acid groups (broad SMARTS) is 2. The van der Waals surface area contributed by atoms with Crippen molar-refractivity contribution < 1.29 is 28.9 Å². The summed E-state index contributed by atoms with van der Waals surface area (Å²) in [6.45, 7) is 1.96. The molecule has 0 bridgehead atoms. The fraction of sp³-hybridized carbons (Fsp3) is 0.778. The number of carboxylic acids is 2. The van der Waals surface area contributed by atoms with Crippen molar-refractivity contribution in [2.75, 3.05) is 5.75 Å². The summed E-state index contributed by atoms with van der Waals surface area (Å²) >= 11 is 1.07. The minimum absolute atomic E-state index is 0.0993. The summed E-state index contributed by atoms with van der Waals surface area (Å²) in [5, 5.41) is 19.8. The maximum absolute atomic E-state index is 12.2. The van der Waals surface area contributed by atoms with Crippen LogP contribution in [0.15, 0.2) is 0 Å². The molecule has 0 radical (unpaired) electrons. The molecule has 0 heterocycles. The van der Waals surface area contributed by atoms with Gasteiger partial charge >= 0.3 is 11.9 Å². The molecule has 7 nitrogen and oxygen atoms in total. The van der Waals surface area contributed by atoms with Crippen LogP contribution in [0.1, 0.15) is 32.6 Å². The number of aliphatic carboxylic acids is 2. The van der Waals surface area contributed by atoms with E-state index in [0.717, 1.165) is 24.2 Å². The van der Waals surface area contributed by atoms with Crippen molar-refractivity contribution in [2.45, 2.75) is 38.6 Å². The topological polar surface area (TPSA) is 124 Å². The highest BCUT2D eigenvalue weighted by atomic mass is 33.1. The Hall–Kier alpha value is -0.210. The summed E-state index contributed by atoms with van der Waals surface area (Å²) in [6.07, 6.45) is 1.15. The van der Waals surface area contributed by atoms with Crippen LogP contribution in [-0.4, -0.2) is 38.5 Å². The molecular formula is C9H18NO6PS2. The van der Waals surface area contributed by atoms with Gasteiger partial charge in [-0.2, -0.15) is 0 Å². The lowest BCUT2D eigenvalue weighted by Crippen LogP contribution is -2.34. The van der Waals surface area contributed by atoms with E-state index in [1.54, 1.807) is 0 Å². The van der Waals surface area contributed by atoms with Crippen LogP contribution in [0.3, 0.4) is 0 Å². The first-order valence-corrected chi connectivity index (χ1v) is 10.3. The van der Waals surface area contributed by atoms with Crippen molar-refractivity contribution in [1.82, 2.24) is 5.09 Å². The molecule has 0 saturated heterocycles. The van der Waals surface area contributed by atoms with Crippen LogP contribution in [0.4, 0.5) is 0 Å².